The summed E-state index contributed by atoms with van der Waals surface area (Å²) in [5, 5.41) is 38.8. The minimum Gasteiger partial charge on any atom is -0.389 e. The van der Waals surface area contributed by atoms with E-state index in [4.69, 9.17) is 0 Å². The van der Waals surface area contributed by atoms with Gasteiger partial charge in [0.1, 0.15) is 12.2 Å². The van der Waals surface area contributed by atoms with Crippen molar-refractivity contribution in [1.82, 2.24) is 4.90 Å². The Kier molecular flexibility index (Phi) is 4.61. The molecular weight excluding hydrogens is 234 g/mol. The molecule has 2 rings (SSSR count). The van der Waals surface area contributed by atoms with Gasteiger partial charge in [0.15, 0.2) is 0 Å². The minimum absolute atomic E-state index is 0.176. The van der Waals surface area contributed by atoms with Crippen LogP contribution in [-0.4, -0.2) is 68.4 Å². The van der Waals surface area contributed by atoms with Crippen LogP contribution in [0.3, 0.4) is 0 Å². The van der Waals surface area contributed by atoms with Gasteiger partial charge in [-0.25, -0.2) is 0 Å². The molecule has 1 heterocycles. The molecule has 0 bridgehead atoms. The molecule has 1 aliphatic carbocycles. The van der Waals surface area contributed by atoms with Crippen molar-refractivity contribution in [1.29, 1.82) is 0 Å². The monoisotopic (exact) mass is 259 g/mol. The first-order chi connectivity index (χ1) is 8.59. The first-order valence-electron chi connectivity index (χ1n) is 7.07. The maximum atomic E-state index is 9.82. The number of hydrogen-bond acceptors (Lipinski definition) is 5. The summed E-state index contributed by atoms with van der Waals surface area (Å²) in [6, 6.07) is -0.353. The third-order valence-electron chi connectivity index (χ3n) is 4.30. The molecule has 4 N–H and O–H groups in total. The molecule has 0 radical (unpaired) electrons. The SMILES string of the molecule is CCCCCCCN1C2C1[C@H](O)[C@@H](O)[C@H](O)[C@H]2O. The number of rotatable bonds is 6. The fourth-order valence-corrected chi connectivity index (χ4v) is 3.12. The molecule has 18 heavy (non-hydrogen) atoms. The van der Waals surface area contributed by atoms with E-state index in [9.17, 15) is 20.4 Å². The Morgan fingerprint density at radius 3 is 1.72 bits per heavy atom. The lowest BCUT2D eigenvalue weighted by molar-refractivity contribution is -0.121. The average molecular weight is 259 g/mol. The number of likely N-dealkylation sites (tertiary alicyclic amines) is 1. The van der Waals surface area contributed by atoms with Crippen LogP contribution in [0.25, 0.3) is 0 Å². The number of aliphatic hydroxyl groups is 4. The number of fused-ring (bicyclic) bond motifs is 1. The van der Waals surface area contributed by atoms with E-state index < -0.39 is 24.4 Å². The maximum absolute atomic E-state index is 9.82. The first kappa shape index (κ1) is 14.2. The Labute approximate surface area is 108 Å². The zero-order chi connectivity index (χ0) is 13.3. The molecule has 0 aromatic heterocycles. The number of nitrogens with zero attached hydrogens (tertiary/aromatic N) is 1. The molecule has 5 heteroatoms. The molecule has 5 nitrogen and oxygen atoms in total. The molecule has 1 saturated heterocycles. The molecule has 106 valence electrons. The van der Waals surface area contributed by atoms with Crippen LogP contribution in [0.5, 0.6) is 0 Å². The fourth-order valence-electron chi connectivity index (χ4n) is 3.12. The summed E-state index contributed by atoms with van der Waals surface area (Å²) in [5.74, 6) is 0. The summed E-state index contributed by atoms with van der Waals surface area (Å²) in [6.07, 6.45) is 1.53. The second-order valence-electron chi connectivity index (χ2n) is 5.60. The maximum Gasteiger partial charge on any atom is 0.110 e. The highest BCUT2D eigenvalue weighted by Crippen LogP contribution is 2.41. The molecule has 0 amide bonds. The van der Waals surface area contributed by atoms with Crippen LogP contribution in [0, 0.1) is 0 Å². The Morgan fingerprint density at radius 1 is 0.722 bits per heavy atom. The molecule has 6 atom stereocenters. The summed E-state index contributed by atoms with van der Waals surface area (Å²) < 4.78 is 0. The topological polar surface area (TPSA) is 83.9 Å². The Morgan fingerprint density at radius 2 is 1.22 bits per heavy atom. The normalized spacial score (nSPS) is 46.8. The zero-order valence-electron chi connectivity index (χ0n) is 10.9. The van der Waals surface area contributed by atoms with E-state index in [1.54, 1.807) is 0 Å². The van der Waals surface area contributed by atoms with Crippen LogP contribution < -0.4 is 0 Å². The van der Waals surface area contributed by atoms with Crippen molar-refractivity contribution < 1.29 is 20.4 Å². The molecule has 2 unspecified atom stereocenters. The van der Waals surface area contributed by atoms with Gasteiger partial charge in [0.05, 0.1) is 24.3 Å². The van der Waals surface area contributed by atoms with Crippen molar-refractivity contribution in [2.45, 2.75) is 75.5 Å². The summed E-state index contributed by atoms with van der Waals surface area (Å²) >= 11 is 0. The highest BCUT2D eigenvalue weighted by molar-refractivity contribution is 5.17. The van der Waals surface area contributed by atoms with E-state index in [0.29, 0.717) is 0 Å². The van der Waals surface area contributed by atoms with Crippen LogP contribution in [0.4, 0.5) is 0 Å². The Balaban J connectivity index is 1.76. The molecule has 1 saturated carbocycles. The molecule has 1 aliphatic heterocycles. The summed E-state index contributed by atoms with van der Waals surface area (Å²) in [4.78, 5) is 2.00. The fraction of sp³-hybridized carbons (Fsp3) is 1.00. The van der Waals surface area contributed by atoms with E-state index >= 15 is 0 Å². The van der Waals surface area contributed by atoms with Crippen LogP contribution >= 0.6 is 0 Å². The van der Waals surface area contributed by atoms with Crippen molar-refractivity contribution in [3.05, 3.63) is 0 Å². The summed E-state index contributed by atoms with van der Waals surface area (Å²) in [7, 11) is 0. The van der Waals surface area contributed by atoms with Crippen LogP contribution in [0.1, 0.15) is 39.0 Å². The van der Waals surface area contributed by atoms with E-state index in [-0.39, 0.29) is 12.1 Å². The second kappa shape index (κ2) is 5.84. The third kappa shape index (κ3) is 2.56. The van der Waals surface area contributed by atoms with Crippen molar-refractivity contribution >= 4 is 0 Å². The smallest absolute Gasteiger partial charge is 0.110 e. The summed E-state index contributed by atoms with van der Waals surface area (Å²) in [5.41, 5.74) is 0. The molecule has 0 aromatic rings. The summed E-state index contributed by atoms with van der Waals surface area (Å²) in [6.45, 7) is 3.00. The molecular formula is C13H25NO4. The molecule has 0 spiro atoms. The van der Waals surface area contributed by atoms with Gasteiger partial charge in [0.25, 0.3) is 0 Å². The van der Waals surface area contributed by atoms with E-state index in [0.717, 1.165) is 19.4 Å². The number of aliphatic hydroxyl groups excluding tert-OH is 4. The Hall–Kier alpha value is -0.200. The van der Waals surface area contributed by atoms with E-state index in [1.165, 1.54) is 19.3 Å². The zero-order valence-corrected chi connectivity index (χ0v) is 10.9. The van der Waals surface area contributed by atoms with Gasteiger partial charge in [0, 0.05) is 0 Å². The largest absolute Gasteiger partial charge is 0.389 e. The minimum atomic E-state index is -1.23. The highest BCUT2D eigenvalue weighted by Gasteiger charge is 2.63. The van der Waals surface area contributed by atoms with Gasteiger partial charge in [0.2, 0.25) is 0 Å². The van der Waals surface area contributed by atoms with Gasteiger partial charge in [-0.2, -0.15) is 0 Å². The number of hydrogen-bond donors (Lipinski definition) is 4. The Bertz CT molecular complexity index is 256. The third-order valence-corrected chi connectivity index (χ3v) is 4.30. The highest BCUT2D eigenvalue weighted by atomic mass is 16.4. The van der Waals surface area contributed by atoms with Crippen molar-refractivity contribution in [3.63, 3.8) is 0 Å². The van der Waals surface area contributed by atoms with E-state index in [2.05, 4.69) is 6.92 Å². The quantitative estimate of drug-likeness (QED) is 0.380. The van der Waals surface area contributed by atoms with Gasteiger partial charge in [-0.05, 0) is 13.0 Å². The van der Waals surface area contributed by atoms with Crippen molar-refractivity contribution in [3.8, 4) is 0 Å². The van der Waals surface area contributed by atoms with Gasteiger partial charge in [-0.1, -0.05) is 32.6 Å². The predicted molar refractivity (Wildman–Crippen MR) is 67.1 cm³/mol. The van der Waals surface area contributed by atoms with Crippen LogP contribution in [0.2, 0.25) is 0 Å². The van der Waals surface area contributed by atoms with Gasteiger partial charge in [-0.3, -0.25) is 4.90 Å². The standard InChI is InChI=1S/C13H25NO4/c1-2-3-4-5-6-7-14-8-9(14)11(16)13(18)12(17)10(8)15/h8-13,15-18H,2-7H2,1H3/t8?,9?,10-,11-,12+,13+,14?/m0/s1. The van der Waals surface area contributed by atoms with E-state index in [1.807, 2.05) is 4.90 Å². The predicted octanol–water partition coefficient (Wildman–Crippen LogP) is -0.533. The second-order valence-corrected chi connectivity index (χ2v) is 5.60. The van der Waals surface area contributed by atoms with Crippen LogP contribution in [0.15, 0.2) is 0 Å². The molecule has 0 aromatic carbocycles. The lowest BCUT2D eigenvalue weighted by Crippen LogP contribution is -2.53. The first-order valence-corrected chi connectivity index (χ1v) is 7.07. The molecule has 2 fully saturated rings. The average Bonchev–Trinajstić information content (AvgIpc) is 3.08. The van der Waals surface area contributed by atoms with Gasteiger partial charge < -0.3 is 20.4 Å². The molecule has 2 aliphatic rings. The lowest BCUT2D eigenvalue weighted by Gasteiger charge is -2.30. The van der Waals surface area contributed by atoms with Gasteiger partial charge in [-0.15, -0.1) is 0 Å². The van der Waals surface area contributed by atoms with Crippen molar-refractivity contribution in [2.75, 3.05) is 6.54 Å². The van der Waals surface area contributed by atoms with Crippen molar-refractivity contribution in [2.24, 2.45) is 0 Å². The van der Waals surface area contributed by atoms with Gasteiger partial charge >= 0.3 is 0 Å². The number of unbranched alkanes of at least 4 members (excludes halogenated alkanes) is 4. The lowest BCUT2D eigenvalue weighted by atomic mass is 9.90. The van der Waals surface area contributed by atoms with Crippen LogP contribution in [-0.2, 0) is 0 Å².